The molecule has 0 radical (unpaired) electrons. The van der Waals surface area contributed by atoms with Crippen LogP contribution >= 0.6 is 0 Å². The lowest BCUT2D eigenvalue weighted by Gasteiger charge is -2.05. The number of hydrazine groups is 1. The van der Waals surface area contributed by atoms with Crippen LogP contribution in [0.4, 0.5) is 0 Å². The van der Waals surface area contributed by atoms with Crippen LogP contribution in [0.3, 0.4) is 0 Å². The summed E-state index contributed by atoms with van der Waals surface area (Å²) in [6.45, 7) is 0. The van der Waals surface area contributed by atoms with E-state index in [1.54, 1.807) is 0 Å². The zero-order chi connectivity index (χ0) is 11.4. The molecule has 0 spiro atoms. The number of nitrogens with zero attached hydrogens (tertiary/aromatic N) is 1. The van der Waals surface area contributed by atoms with Crippen molar-refractivity contribution in [3.63, 3.8) is 0 Å². The van der Waals surface area contributed by atoms with Crippen LogP contribution in [0, 0.1) is 5.21 Å². The summed E-state index contributed by atoms with van der Waals surface area (Å²) >= 11 is 0. The van der Waals surface area contributed by atoms with Crippen molar-refractivity contribution in [3.05, 3.63) is 77.0 Å². The Morgan fingerprint density at radius 2 is 1.19 bits per heavy atom. The van der Waals surface area contributed by atoms with Crippen LogP contribution in [0.1, 0.15) is 11.1 Å². The highest BCUT2D eigenvalue weighted by Crippen LogP contribution is 2.09. The van der Waals surface area contributed by atoms with Gasteiger partial charge in [0.1, 0.15) is 0 Å². The molecule has 0 aliphatic heterocycles. The molecular formula is C13H12N2O. The number of rotatable bonds is 2. The maximum absolute atomic E-state index is 11.4. The fourth-order valence-corrected chi connectivity index (χ4v) is 1.61. The highest BCUT2D eigenvalue weighted by Gasteiger charge is 2.14. The second-order valence-corrected chi connectivity index (χ2v) is 3.41. The molecule has 0 fully saturated rings. The van der Waals surface area contributed by atoms with Crippen LogP contribution < -0.4 is 5.84 Å². The van der Waals surface area contributed by atoms with Crippen LogP contribution in [0.2, 0.25) is 0 Å². The summed E-state index contributed by atoms with van der Waals surface area (Å²) in [5.41, 5.74) is 2.10. The highest BCUT2D eigenvalue weighted by atomic mass is 16.5. The summed E-state index contributed by atoms with van der Waals surface area (Å²) in [6.07, 6.45) is 0. The molecule has 2 N–H and O–H groups in total. The maximum Gasteiger partial charge on any atom is 0.256 e. The van der Waals surface area contributed by atoms with Crippen LogP contribution in [-0.2, 0) is 0 Å². The fraction of sp³-hybridized carbons (Fsp3) is 0. The molecule has 80 valence electrons. The van der Waals surface area contributed by atoms with Gasteiger partial charge in [0.05, 0.1) is 11.1 Å². The average Bonchev–Trinajstić information content (AvgIpc) is 2.31. The van der Waals surface area contributed by atoms with Gasteiger partial charge in [-0.05, 0) is 24.3 Å². The Kier molecular flexibility index (Phi) is 2.87. The van der Waals surface area contributed by atoms with Gasteiger partial charge >= 0.3 is 0 Å². The van der Waals surface area contributed by atoms with Gasteiger partial charge in [-0.1, -0.05) is 41.2 Å². The molecule has 0 saturated heterocycles. The van der Waals surface area contributed by atoms with Crippen molar-refractivity contribution in [1.82, 2.24) is 0 Å². The van der Waals surface area contributed by atoms with Gasteiger partial charge in [-0.15, -0.1) is 0 Å². The molecule has 0 heterocycles. The van der Waals surface area contributed by atoms with Crippen molar-refractivity contribution in [2.45, 2.75) is 0 Å². The number of hydrogen-bond acceptors (Lipinski definition) is 2. The number of benzene rings is 2. The van der Waals surface area contributed by atoms with Crippen LogP contribution in [0.25, 0.3) is 0 Å². The molecular weight excluding hydrogens is 200 g/mol. The third-order valence-corrected chi connectivity index (χ3v) is 2.31. The molecule has 3 nitrogen and oxygen atoms in total. The Morgan fingerprint density at radius 1 is 0.812 bits per heavy atom. The Balaban J connectivity index is 2.54. The zero-order valence-corrected chi connectivity index (χ0v) is 8.71. The predicted octanol–water partition coefficient (Wildman–Crippen LogP) is 1.91. The molecule has 2 aromatic carbocycles. The van der Waals surface area contributed by atoms with E-state index in [1.807, 2.05) is 60.7 Å². The van der Waals surface area contributed by atoms with E-state index in [9.17, 15) is 5.21 Å². The Bertz CT molecular complexity index is 446. The molecule has 0 aliphatic rings. The van der Waals surface area contributed by atoms with Crippen LogP contribution in [0.15, 0.2) is 60.7 Å². The average molecular weight is 212 g/mol. The Labute approximate surface area is 94.0 Å². The molecule has 0 aromatic heterocycles. The molecule has 0 aliphatic carbocycles. The van der Waals surface area contributed by atoms with Crippen molar-refractivity contribution < 1.29 is 4.85 Å². The van der Waals surface area contributed by atoms with E-state index >= 15 is 0 Å². The van der Waals surface area contributed by atoms with E-state index in [-0.39, 0.29) is 0 Å². The van der Waals surface area contributed by atoms with Gasteiger partial charge in [-0.25, -0.2) is 0 Å². The largest absolute Gasteiger partial charge is 0.596 e. The second-order valence-electron chi connectivity index (χ2n) is 3.41. The van der Waals surface area contributed by atoms with Gasteiger partial charge in [0.2, 0.25) is 0 Å². The minimum absolute atomic E-state index is 0.407. The smallest absolute Gasteiger partial charge is 0.256 e. The third-order valence-electron chi connectivity index (χ3n) is 2.31. The normalized spacial score (nSPS) is 9.75. The molecule has 0 unspecified atom stereocenters. The SMILES string of the molecule is N[N+]([O-])=C(c1ccccc1)c1ccccc1. The molecule has 3 heteroatoms. The molecule has 0 bridgehead atoms. The lowest BCUT2D eigenvalue weighted by atomic mass is 10.0. The van der Waals surface area contributed by atoms with E-state index in [0.29, 0.717) is 10.6 Å². The summed E-state index contributed by atoms with van der Waals surface area (Å²) in [4.78, 5) is 0.407. The lowest BCUT2D eigenvalue weighted by Crippen LogP contribution is -2.23. The first-order valence-electron chi connectivity index (χ1n) is 4.99. The second kappa shape index (κ2) is 4.49. The van der Waals surface area contributed by atoms with Gasteiger partial charge in [-0.3, -0.25) is 0 Å². The van der Waals surface area contributed by atoms with Gasteiger partial charge in [0.15, 0.2) is 0 Å². The number of nitrogens with two attached hydrogens (primary N) is 1. The van der Waals surface area contributed by atoms with Gasteiger partial charge < -0.3 is 5.21 Å². The quantitative estimate of drug-likeness (QED) is 0.272. The zero-order valence-electron chi connectivity index (χ0n) is 8.71. The Morgan fingerprint density at radius 3 is 1.50 bits per heavy atom. The monoisotopic (exact) mass is 212 g/mol. The predicted molar refractivity (Wildman–Crippen MR) is 63.9 cm³/mol. The van der Waals surface area contributed by atoms with Crippen LogP contribution in [0.5, 0.6) is 0 Å². The van der Waals surface area contributed by atoms with E-state index in [0.717, 1.165) is 11.1 Å². The summed E-state index contributed by atoms with van der Waals surface area (Å²) in [7, 11) is 0. The van der Waals surface area contributed by atoms with Crippen molar-refractivity contribution in [1.29, 1.82) is 0 Å². The molecule has 16 heavy (non-hydrogen) atoms. The van der Waals surface area contributed by atoms with E-state index < -0.39 is 0 Å². The van der Waals surface area contributed by atoms with Gasteiger partial charge in [-0.2, -0.15) is 5.84 Å². The van der Waals surface area contributed by atoms with Crippen molar-refractivity contribution >= 4 is 5.71 Å². The fourth-order valence-electron chi connectivity index (χ4n) is 1.61. The molecule has 0 atom stereocenters. The van der Waals surface area contributed by atoms with Crippen molar-refractivity contribution in [2.75, 3.05) is 0 Å². The van der Waals surface area contributed by atoms with Crippen molar-refractivity contribution in [2.24, 2.45) is 5.84 Å². The van der Waals surface area contributed by atoms with E-state index in [4.69, 9.17) is 5.84 Å². The summed E-state index contributed by atoms with van der Waals surface area (Å²) < 4.78 is 0. The number of hydrazone groups is 1. The molecule has 2 aromatic rings. The van der Waals surface area contributed by atoms with Gasteiger partial charge in [0, 0.05) is 0 Å². The van der Waals surface area contributed by atoms with E-state index in [2.05, 4.69) is 0 Å². The highest BCUT2D eigenvalue weighted by molar-refractivity contribution is 6.09. The molecule has 2 rings (SSSR count). The summed E-state index contributed by atoms with van der Waals surface area (Å²) in [5, 5.41) is 11.4. The molecule has 0 saturated carbocycles. The number of hydrogen-bond donors (Lipinski definition) is 1. The van der Waals surface area contributed by atoms with E-state index in [1.165, 1.54) is 0 Å². The first-order valence-corrected chi connectivity index (χ1v) is 4.99. The summed E-state index contributed by atoms with van der Waals surface area (Å²) in [5.74, 6) is 5.34. The van der Waals surface area contributed by atoms with Gasteiger partial charge in [0.25, 0.3) is 5.71 Å². The standard InChI is InChI=1S/C13H12N2O/c14-15(16)13(11-7-3-1-4-8-11)12-9-5-2-6-10-12/h1-10H,14H2. The first-order chi connectivity index (χ1) is 7.79. The van der Waals surface area contributed by atoms with Crippen LogP contribution in [-0.4, -0.2) is 10.6 Å². The maximum atomic E-state index is 11.4. The Hall–Kier alpha value is -2.29. The lowest BCUT2D eigenvalue weighted by molar-refractivity contribution is -0.468. The molecule has 0 amide bonds. The summed E-state index contributed by atoms with van der Waals surface area (Å²) in [6, 6.07) is 18.8. The third kappa shape index (κ3) is 2.03. The minimum atomic E-state index is 0.407. The topological polar surface area (TPSA) is 52.1 Å². The minimum Gasteiger partial charge on any atom is -0.596 e. The first kappa shape index (κ1) is 10.2. The van der Waals surface area contributed by atoms with Crippen molar-refractivity contribution in [3.8, 4) is 0 Å².